The van der Waals surface area contributed by atoms with E-state index < -0.39 is 4.92 Å². The highest BCUT2D eigenvalue weighted by Crippen LogP contribution is 2.28. The van der Waals surface area contributed by atoms with Crippen LogP contribution in [0.1, 0.15) is 12.5 Å². The Kier molecular flexibility index (Phi) is 4.14. The maximum absolute atomic E-state index is 10.7. The first-order chi connectivity index (χ1) is 9.60. The van der Waals surface area contributed by atoms with Crippen LogP contribution in [-0.2, 0) is 0 Å². The number of ether oxygens (including phenoxy) is 1. The van der Waals surface area contributed by atoms with Gasteiger partial charge in [0.25, 0.3) is 5.69 Å². The Labute approximate surface area is 116 Å². The second kappa shape index (κ2) is 6.01. The second-order valence-electron chi connectivity index (χ2n) is 4.22. The Balaban J connectivity index is 2.21. The number of nitrogens with one attached hydrogen (secondary N) is 1. The van der Waals surface area contributed by atoms with Crippen molar-refractivity contribution in [2.45, 2.75) is 13.8 Å². The van der Waals surface area contributed by atoms with Gasteiger partial charge in [0, 0.05) is 30.9 Å². The zero-order chi connectivity index (χ0) is 14.5. The first-order valence-corrected chi connectivity index (χ1v) is 6.23. The van der Waals surface area contributed by atoms with Crippen LogP contribution in [-0.4, -0.2) is 16.5 Å². The normalized spacial score (nSPS) is 10.1. The molecule has 20 heavy (non-hydrogen) atoms. The quantitative estimate of drug-likeness (QED) is 0.666. The van der Waals surface area contributed by atoms with Crippen LogP contribution in [0.2, 0.25) is 0 Å². The molecule has 1 heterocycles. The molecule has 0 atom stereocenters. The first-order valence-electron chi connectivity index (χ1n) is 6.23. The molecule has 1 aromatic heterocycles. The summed E-state index contributed by atoms with van der Waals surface area (Å²) in [7, 11) is 0. The molecular formula is C14H15N3O3. The molecule has 6 nitrogen and oxygen atoms in total. The fraction of sp³-hybridized carbons (Fsp3) is 0.214. The van der Waals surface area contributed by atoms with Crippen LogP contribution < -0.4 is 10.1 Å². The molecule has 0 fully saturated rings. The van der Waals surface area contributed by atoms with Crippen LogP contribution in [0.4, 0.5) is 11.5 Å². The Morgan fingerprint density at radius 2 is 2.15 bits per heavy atom. The predicted molar refractivity (Wildman–Crippen MR) is 76.3 cm³/mol. The van der Waals surface area contributed by atoms with E-state index in [-0.39, 0.29) is 5.69 Å². The molecule has 0 saturated heterocycles. The van der Waals surface area contributed by atoms with E-state index in [1.165, 1.54) is 12.1 Å². The minimum Gasteiger partial charge on any atom is -0.457 e. The number of pyridine rings is 1. The van der Waals surface area contributed by atoms with Crippen molar-refractivity contribution in [2.24, 2.45) is 0 Å². The molecular weight excluding hydrogens is 258 g/mol. The highest BCUT2D eigenvalue weighted by Gasteiger charge is 2.09. The smallest absolute Gasteiger partial charge is 0.269 e. The molecule has 2 rings (SSSR count). The van der Waals surface area contributed by atoms with Crippen molar-refractivity contribution in [2.75, 3.05) is 11.9 Å². The number of benzene rings is 1. The zero-order valence-corrected chi connectivity index (χ0v) is 11.3. The van der Waals surface area contributed by atoms with Gasteiger partial charge in [0.2, 0.25) is 0 Å². The SMILES string of the molecule is CCNc1cc(Oc2ccc([N+](=O)[O-])cc2C)ccn1. The van der Waals surface area contributed by atoms with Gasteiger partial charge >= 0.3 is 0 Å². The number of nitrogens with zero attached hydrogens (tertiary/aromatic N) is 2. The van der Waals surface area contributed by atoms with Gasteiger partial charge in [-0.05, 0) is 31.5 Å². The Morgan fingerprint density at radius 1 is 1.35 bits per heavy atom. The summed E-state index contributed by atoms with van der Waals surface area (Å²) < 4.78 is 5.73. The maximum Gasteiger partial charge on any atom is 0.269 e. The number of non-ortho nitro benzene ring substituents is 1. The minimum atomic E-state index is -0.424. The van der Waals surface area contributed by atoms with Gasteiger partial charge in [-0.2, -0.15) is 0 Å². The van der Waals surface area contributed by atoms with Gasteiger partial charge in [0.15, 0.2) is 0 Å². The number of rotatable bonds is 5. The number of nitro groups is 1. The van der Waals surface area contributed by atoms with Gasteiger partial charge in [-0.1, -0.05) is 0 Å². The summed E-state index contributed by atoms with van der Waals surface area (Å²) in [6, 6.07) is 8.03. The average molecular weight is 273 g/mol. The van der Waals surface area contributed by atoms with Gasteiger partial charge in [-0.3, -0.25) is 10.1 Å². The predicted octanol–water partition coefficient (Wildman–Crippen LogP) is 3.52. The lowest BCUT2D eigenvalue weighted by Gasteiger charge is -2.09. The van der Waals surface area contributed by atoms with Crippen molar-refractivity contribution in [3.63, 3.8) is 0 Å². The van der Waals surface area contributed by atoms with E-state index in [1.807, 2.05) is 6.92 Å². The molecule has 0 aliphatic carbocycles. The van der Waals surface area contributed by atoms with Crippen LogP contribution in [0.25, 0.3) is 0 Å². The van der Waals surface area contributed by atoms with E-state index in [0.717, 1.165) is 12.4 Å². The molecule has 2 aromatic rings. The zero-order valence-electron chi connectivity index (χ0n) is 11.3. The van der Waals surface area contributed by atoms with Crippen molar-refractivity contribution < 1.29 is 9.66 Å². The summed E-state index contributed by atoms with van der Waals surface area (Å²) in [4.78, 5) is 14.4. The van der Waals surface area contributed by atoms with E-state index in [0.29, 0.717) is 17.1 Å². The third-order valence-corrected chi connectivity index (χ3v) is 2.69. The van der Waals surface area contributed by atoms with E-state index in [4.69, 9.17) is 4.74 Å². The van der Waals surface area contributed by atoms with Crippen LogP contribution in [0, 0.1) is 17.0 Å². The topological polar surface area (TPSA) is 77.3 Å². The lowest BCUT2D eigenvalue weighted by molar-refractivity contribution is -0.384. The van der Waals surface area contributed by atoms with Crippen LogP contribution >= 0.6 is 0 Å². The first kappa shape index (κ1) is 13.8. The van der Waals surface area contributed by atoms with E-state index >= 15 is 0 Å². The number of aromatic nitrogens is 1. The molecule has 0 aliphatic rings. The third kappa shape index (κ3) is 3.23. The highest BCUT2D eigenvalue weighted by atomic mass is 16.6. The van der Waals surface area contributed by atoms with Crippen molar-refractivity contribution in [3.05, 3.63) is 52.2 Å². The molecule has 1 aromatic carbocycles. The maximum atomic E-state index is 10.7. The number of nitro benzene ring substituents is 1. The average Bonchev–Trinajstić information content (AvgIpc) is 2.42. The van der Waals surface area contributed by atoms with Crippen molar-refractivity contribution in [1.29, 1.82) is 0 Å². The molecule has 0 radical (unpaired) electrons. The van der Waals surface area contributed by atoms with Crippen molar-refractivity contribution in [3.8, 4) is 11.5 Å². The van der Waals surface area contributed by atoms with Gasteiger partial charge in [0.1, 0.15) is 17.3 Å². The summed E-state index contributed by atoms with van der Waals surface area (Å²) in [5.41, 5.74) is 0.763. The largest absolute Gasteiger partial charge is 0.457 e. The van der Waals surface area contributed by atoms with E-state index in [2.05, 4.69) is 10.3 Å². The molecule has 0 unspecified atom stereocenters. The van der Waals surface area contributed by atoms with Crippen molar-refractivity contribution in [1.82, 2.24) is 4.98 Å². The molecule has 0 spiro atoms. The number of hydrogen-bond donors (Lipinski definition) is 1. The van der Waals surface area contributed by atoms with Gasteiger partial charge in [0.05, 0.1) is 4.92 Å². The Hall–Kier alpha value is -2.63. The number of hydrogen-bond acceptors (Lipinski definition) is 5. The summed E-state index contributed by atoms with van der Waals surface area (Å²) in [6.45, 7) is 4.53. The molecule has 104 valence electrons. The summed E-state index contributed by atoms with van der Waals surface area (Å²) in [5, 5.41) is 13.8. The van der Waals surface area contributed by atoms with Crippen LogP contribution in [0.15, 0.2) is 36.5 Å². The van der Waals surface area contributed by atoms with Gasteiger partial charge in [-0.15, -0.1) is 0 Å². The molecule has 6 heteroatoms. The van der Waals surface area contributed by atoms with Crippen LogP contribution in [0.5, 0.6) is 11.5 Å². The number of aryl methyl sites for hydroxylation is 1. The summed E-state index contributed by atoms with van der Waals surface area (Å²) in [6.07, 6.45) is 1.65. The molecule has 0 aliphatic heterocycles. The lowest BCUT2D eigenvalue weighted by Crippen LogP contribution is -1.99. The van der Waals surface area contributed by atoms with Gasteiger partial charge < -0.3 is 10.1 Å². The fourth-order valence-electron chi connectivity index (χ4n) is 1.74. The van der Waals surface area contributed by atoms with E-state index in [9.17, 15) is 10.1 Å². The summed E-state index contributed by atoms with van der Waals surface area (Å²) >= 11 is 0. The second-order valence-corrected chi connectivity index (χ2v) is 4.22. The monoisotopic (exact) mass is 273 g/mol. The highest BCUT2D eigenvalue weighted by molar-refractivity contribution is 5.47. The fourth-order valence-corrected chi connectivity index (χ4v) is 1.74. The van der Waals surface area contributed by atoms with Crippen LogP contribution in [0.3, 0.4) is 0 Å². The Morgan fingerprint density at radius 3 is 2.80 bits per heavy atom. The molecule has 0 bridgehead atoms. The third-order valence-electron chi connectivity index (χ3n) is 2.69. The molecule has 0 saturated carbocycles. The molecule has 0 amide bonds. The Bertz CT molecular complexity index is 629. The standard InChI is InChI=1S/C14H15N3O3/c1-3-15-14-9-12(6-7-16-14)20-13-5-4-11(17(18)19)8-10(13)2/h4-9H,3H2,1-2H3,(H,15,16). The summed E-state index contributed by atoms with van der Waals surface area (Å²) in [5.74, 6) is 1.95. The number of anilines is 1. The van der Waals surface area contributed by atoms with Gasteiger partial charge in [-0.25, -0.2) is 4.98 Å². The lowest BCUT2D eigenvalue weighted by atomic mass is 10.2. The minimum absolute atomic E-state index is 0.0536. The van der Waals surface area contributed by atoms with Crippen molar-refractivity contribution >= 4 is 11.5 Å². The molecule has 1 N–H and O–H groups in total. The van der Waals surface area contributed by atoms with E-state index in [1.54, 1.807) is 31.3 Å².